The number of hydrogen-bond acceptors (Lipinski definition) is 5. The number of nitrogens with two attached hydrogens (primary N) is 1. The van der Waals surface area contributed by atoms with Gasteiger partial charge in [0.15, 0.2) is 5.84 Å². The van der Waals surface area contributed by atoms with Gasteiger partial charge in [-0.1, -0.05) is 0 Å². The molecule has 0 bridgehead atoms. The van der Waals surface area contributed by atoms with E-state index in [0.717, 1.165) is 3.72 Å². The maximum Gasteiger partial charge on any atom is 0.266 e. The first kappa shape index (κ1) is 7.04. The van der Waals surface area contributed by atoms with Crippen LogP contribution in [0.1, 0.15) is 0 Å². The normalized spacial score (nSPS) is 22.5. The largest absolute Gasteiger partial charge is 0.283 e. The third-order valence-electron chi connectivity index (χ3n) is 1.21. The maximum atomic E-state index is 5.39. The van der Waals surface area contributed by atoms with Crippen molar-refractivity contribution in [2.75, 3.05) is 0 Å². The van der Waals surface area contributed by atoms with E-state index in [0.29, 0.717) is 11.5 Å². The molecule has 0 spiro atoms. The Bertz CT molecular complexity index is 313. The highest BCUT2D eigenvalue weighted by molar-refractivity contribution is 14.1. The van der Waals surface area contributed by atoms with E-state index in [9.17, 15) is 0 Å². The fourth-order valence-corrected chi connectivity index (χ4v) is 1.40. The third-order valence-corrected chi connectivity index (χ3v) is 1.96. The molecule has 0 unspecified atom stereocenters. The SMILES string of the molecule is N[C]1N=C(I)C2=NC=NC2=N1. The van der Waals surface area contributed by atoms with E-state index in [-0.39, 0.29) is 6.29 Å². The Labute approximate surface area is 76.4 Å². The molecule has 0 aliphatic carbocycles. The van der Waals surface area contributed by atoms with Gasteiger partial charge in [-0.05, 0) is 22.6 Å². The van der Waals surface area contributed by atoms with Gasteiger partial charge in [-0.25, -0.2) is 20.0 Å². The second-order valence-electron chi connectivity index (χ2n) is 1.92. The summed E-state index contributed by atoms with van der Waals surface area (Å²) in [5.41, 5.74) is 6.10. The number of aliphatic imine (C=N–C) groups is 4. The van der Waals surface area contributed by atoms with Gasteiger partial charge in [-0.15, -0.1) is 0 Å². The zero-order valence-corrected chi connectivity index (χ0v) is 7.48. The molecule has 0 saturated heterocycles. The lowest BCUT2D eigenvalue weighted by molar-refractivity contribution is 0.956. The average Bonchev–Trinajstić information content (AvgIpc) is 2.34. The van der Waals surface area contributed by atoms with Gasteiger partial charge in [0.25, 0.3) is 6.29 Å². The molecule has 0 amide bonds. The van der Waals surface area contributed by atoms with Crippen LogP contribution in [0.3, 0.4) is 0 Å². The number of hydrogen-bond donors (Lipinski definition) is 1. The first-order valence-corrected chi connectivity index (χ1v) is 3.91. The predicted octanol–water partition coefficient (Wildman–Crippen LogP) is 0.121. The molecular weight excluding hydrogens is 257 g/mol. The highest BCUT2D eigenvalue weighted by Crippen LogP contribution is 2.13. The summed E-state index contributed by atoms with van der Waals surface area (Å²) in [6.45, 7) is 0. The maximum absolute atomic E-state index is 5.39. The minimum atomic E-state index is 0.238. The average molecular weight is 260 g/mol. The molecule has 1 radical (unpaired) electrons. The first-order valence-electron chi connectivity index (χ1n) is 2.84. The van der Waals surface area contributed by atoms with Crippen LogP contribution in [0.15, 0.2) is 20.0 Å². The third kappa shape index (κ3) is 1.11. The van der Waals surface area contributed by atoms with E-state index < -0.39 is 0 Å². The molecule has 2 aliphatic rings. The highest BCUT2D eigenvalue weighted by atomic mass is 127. The Morgan fingerprint density at radius 2 is 2.18 bits per heavy atom. The quantitative estimate of drug-likeness (QED) is 0.617. The molecule has 6 heteroatoms. The summed E-state index contributed by atoms with van der Waals surface area (Å²) in [5.74, 6) is 0.557. The summed E-state index contributed by atoms with van der Waals surface area (Å²) < 4.78 is 0.739. The van der Waals surface area contributed by atoms with E-state index in [4.69, 9.17) is 5.73 Å². The number of fused-ring (bicyclic) bond motifs is 1. The zero-order valence-electron chi connectivity index (χ0n) is 5.32. The lowest BCUT2D eigenvalue weighted by atomic mass is 10.3. The fourth-order valence-electron chi connectivity index (χ4n) is 0.775. The lowest BCUT2D eigenvalue weighted by Crippen LogP contribution is -2.24. The van der Waals surface area contributed by atoms with Crippen molar-refractivity contribution in [3.8, 4) is 0 Å². The molecule has 0 aromatic carbocycles. The van der Waals surface area contributed by atoms with Crippen molar-refractivity contribution < 1.29 is 0 Å². The number of halogens is 1. The van der Waals surface area contributed by atoms with Crippen molar-refractivity contribution >= 4 is 44.2 Å². The molecule has 0 saturated carbocycles. The summed E-state index contributed by atoms with van der Waals surface area (Å²) in [4.78, 5) is 15.7. The van der Waals surface area contributed by atoms with Gasteiger partial charge in [0.2, 0.25) is 0 Å². The summed E-state index contributed by atoms with van der Waals surface area (Å²) in [6.07, 6.45) is 1.68. The van der Waals surface area contributed by atoms with Crippen molar-refractivity contribution in [2.45, 2.75) is 0 Å². The first-order chi connectivity index (χ1) is 5.27. The van der Waals surface area contributed by atoms with E-state index in [1.54, 1.807) is 0 Å². The Balaban J connectivity index is 2.46. The van der Waals surface area contributed by atoms with Crippen LogP contribution in [0, 0.1) is 6.29 Å². The van der Waals surface area contributed by atoms with Crippen molar-refractivity contribution in [1.82, 2.24) is 0 Å². The highest BCUT2D eigenvalue weighted by Gasteiger charge is 2.22. The molecule has 2 heterocycles. The Kier molecular flexibility index (Phi) is 1.57. The van der Waals surface area contributed by atoms with Crippen LogP contribution < -0.4 is 5.73 Å². The standard InChI is InChI=1S/C5H3IN5/c6-3-2-4(9-1-8-2)11-5(7)10-3/h1H,7H2. The summed E-state index contributed by atoms with van der Waals surface area (Å²) in [5, 5.41) is 0. The second kappa shape index (κ2) is 2.45. The fraction of sp³-hybridized carbons (Fsp3) is 0. The van der Waals surface area contributed by atoms with Crippen LogP contribution >= 0.6 is 22.6 Å². The zero-order chi connectivity index (χ0) is 7.84. The van der Waals surface area contributed by atoms with Crippen molar-refractivity contribution in [3.05, 3.63) is 6.29 Å². The Morgan fingerprint density at radius 1 is 1.36 bits per heavy atom. The van der Waals surface area contributed by atoms with Crippen LogP contribution in [0.2, 0.25) is 0 Å². The smallest absolute Gasteiger partial charge is 0.266 e. The molecule has 2 aliphatic heterocycles. The van der Waals surface area contributed by atoms with Crippen LogP contribution in [0.5, 0.6) is 0 Å². The van der Waals surface area contributed by atoms with Crippen LogP contribution in [0.4, 0.5) is 0 Å². The molecule has 0 aromatic heterocycles. The minimum Gasteiger partial charge on any atom is -0.283 e. The van der Waals surface area contributed by atoms with Gasteiger partial charge in [0.05, 0.1) is 0 Å². The molecule has 0 atom stereocenters. The van der Waals surface area contributed by atoms with E-state index >= 15 is 0 Å². The van der Waals surface area contributed by atoms with Gasteiger partial charge in [-0.3, -0.25) is 5.73 Å². The second-order valence-corrected chi connectivity index (χ2v) is 2.94. The predicted molar refractivity (Wildman–Crippen MR) is 52.2 cm³/mol. The van der Waals surface area contributed by atoms with Gasteiger partial charge in [0, 0.05) is 0 Å². The van der Waals surface area contributed by atoms with Gasteiger partial charge in [-0.2, -0.15) is 0 Å². The molecular formula is C5H3IN5. The number of rotatable bonds is 0. The number of amidine groups is 1. The van der Waals surface area contributed by atoms with E-state index in [1.165, 1.54) is 6.34 Å². The van der Waals surface area contributed by atoms with Crippen molar-refractivity contribution in [3.63, 3.8) is 0 Å². The van der Waals surface area contributed by atoms with Crippen LogP contribution in [0.25, 0.3) is 0 Å². The Morgan fingerprint density at radius 3 is 3.00 bits per heavy atom. The van der Waals surface area contributed by atoms with Gasteiger partial charge < -0.3 is 0 Å². The molecule has 55 valence electrons. The lowest BCUT2D eigenvalue weighted by Gasteiger charge is -2.07. The summed E-state index contributed by atoms with van der Waals surface area (Å²) in [7, 11) is 0. The van der Waals surface area contributed by atoms with Gasteiger partial charge >= 0.3 is 0 Å². The monoisotopic (exact) mass is 260 g/mol. The summed E-state index contributed by atoms with van der Waals surface area (Å²) >= 11 is 2.05. The van der Waals surface area contributed by atoms with E-state index in [2.05, 4.69) is 20.0 Å². The van der Waals surface area contributed by atoms with Gasteiger partial charge in [0.1, 0.15) is 15.8 Å². The topological polar surface area (TPSA) is 75.5 Å². The minimum absolute atomic E-state index is 0.238. The van der Waals surface area contributed by atoms with Crippen molar-refractivity contribution in [2.24, 2.45) is 25.7 Å². The van der Waals surface area contributed by atoms with Crippen LogP contribution in [-0.2, 0) is 0 Å². The molecule has 2 N–H and O–H groups in total. The van der Waals surface area contributed by atoms with Crippen molar-refractivity contribution in [1.29, 1.82) is 0 Å². The number of nitrogens with zero attached hydrogens (tertiary/aromatic N) is 4. The molecule has 2 rings (SSSR count). The van der Waals surface area contributed by atoms with Crippen LogP contribution in [-0.4, -0.2) is 21.6 Å². The van der Waals surface area contributed by atoms with E-state index in [1.807, 2.05) is 22.6 Å². The molecule has 5 nitrogen and oxygen atoms in total. The Hall–Kier alpha value is -0.630. The summed E-state index contributed by atoms with van der Waals surface area (Å²) in [6, 6.07) is 0. The molecule has 0 fully saturated rings. The molecule has 11 heavy (non-hydrogen) atoms. The molecule has 0 aromatic rings.